The highest BCUT2D eigenvalue weighted by Gasteiger charge is 2.42. The van der Waals surface area contributed by atoms with Crippen LogP contribution in [-0.4, -0.2) is 120 Å². The smallest absolute Gasteiger partial charge is 0.407 e. The number of alkyl carbamates (subject to hydrolysis) is 2. The highest BCUT2D eigenvalue weighted by atomic mass is 16.5. The number of nitrogens with zero attached hydrogens (tertiary/aromatic N) is 4. The molecule has 4 N–H and O–H groups in total. The number of fused-ring (bicyclic) bond motifs is 1. The molecule has 0 aliphatic carbocycles. The minimum absolute atomic E-state index is 0.0397. The molecule has 352 valence electrons. The molecule has 17 nitrogen and oxygen atoms in total. The number of methoxy groups -OCH3 is 2. The number of hydrogen-bond acceptors (Lipinski definition) is 11. The molecular formula is C49H62N8O9. The summed E-state index contributed by atoms with van der Waals surface area (Å²) in [7, 11) is 2.61. The Morgan fingerprint density at radius 1 is 0.803 bits per heavy atom. The number of ether oxygens (including phenoxy) is 5. The lowest BCUT2D eigenvalue weighted by atomic mass is 9.90. The van der Waals surface area contributed by atoms with Gasteiger partial charge < -0.3 is 54.1 Å². The van der Waals surface area contributed by atoms with Gasteiger partial charge in [0.1, 0.15) is 36.1 Å². The van der Waals surface area contributed by atoms with Gasteiger partial charge in [-0.25, -0.2) is 19.6 Å². The Kier molecular flexibility index (Phi) is 14.7. The first-order chi connectivity index (χ1) is 32.1. The molecule has 4 saturated heterocycles. The SMILES string of the molecule is C=C/C(=C\C=C(/C)C1=C(C)c2ccc(-c3cnc([C@@H]4CCCN4C(=O)[C@@H](NC(=O)OC)C4CCOCC4)[nH]3)cc2CO1)c1cnc([C@@H]2CCCN2C(=O)[C@@H](NC(=O)OC)C2CCOCC2)[nH]1. The number of amides is 4. The second kappa shape index (κ2) is 21.0. The van der Waals surface area contributed by atoms with E-state index in [1.807, 2.05) is 35.1 Å². The second-order valence-corrected chi connectivity index (χ2v) is 17.7. The van der Waals surface area contributed by atoms with Crippen LogP contribution in [0.15, 0.2) is 66.7 Å². The average molecular weight is 907 g/mol. The van der Waals surface area contributed by atoms with Crippen molar-refractivity contribution in [2.45, 2.75) is 96.0 Å². The number of hydrogen-bond donors (Lipinski definition) is 4. The molecule has 2 aromatic heterocycles. The van der Waals surface area contributed by atoms with Crippen LogP contribution in [0.5, 0.6) is 0 Å². The molecule has 4 fully saturated rings. The van der Waals surface area contributed by atoms with Crippen molar-refractivity contribution in [3.05, 3.63) is 95.2 Å². The number of nitrogens with one attached hydrogen (secondary N) is 4. The molecule has 4 atom stereocenters. The van der Waals surface area contributed by atoms with Gasteiger partial charge in [-0.3, -0.25) is 9.59 Å². The number of likely N-dealkylation sites (tertiary alicyclic amines) is 2. The highest BCUT2D eigenvalue weighted by molar-refractivity contribution is 5.87. The van der Waals surface area contributed by atoms with Gasteiger partial charge in [0.15, 0.2) is 0 Å². The number of carbonyl (C=O) groups excluding carboxylic acids is 4. The average Bonchev–Trinajstić information content (AvgIpc) is 4.21. The van der Waals surface area contributed by atoms with E-state index >= 15 is 0 Å². The summed E-state index contributed by atoms with van der Waals surface area (Å²) in [5, 5.41) is 5.63. The van der Waals surface area contributed by atoms with Gasteiger partial charge in [0.25, 0.3) is 0 Å². The lowest BCUT2D eigenvalue weighted by molar-refractivity contribution is -0.137. The zero-order valence-corrected chi connectivity index (χ0v) is 38.4. The summed E-state index contributed by atoms with van der Waals surface area (Å²) >= 11 is 0. The summed E-state index contributed by atoms with van der Waals surface area (Å²) in [6, 6.07) is 4.40. The van der Waals surface area contributed by atoms with Crippen molar-refractivity contribution in [3.8, 4) is 11.3 Å². The number of imidazole rings is 2. The minimum atomic E-state index is -0.707. The van der Waals surface area contributed by atoms with Crippen LogP contribution in [0, 0.1) is 11.8 Å². The monoisotopic (exact) mass is 906 g/mol. The van der Waals surface area contributed by atoms with Crippen molar-refractivity contribution in [1.82, 2.24) is 40.4 Å². The van der Waals surface area contributed by atoms with Gasteiger partial charge in [-0.2, -0.15) is 0 Å². The predicted molar refractivity (Wildman–Crippen MR) is 245 cm³/mol. The van der Waals surface area contributed by atoms with E-state index in [-0.39, 0.29) is 35.7 Å². The molecule has 3 aromatic rings. The van der Waals surface area contributed by atoms with Gasteiger partial charge >= 0.3 is 12.2 Å². The summed E-state index contributed by atoms with van der Waals surface area (Å²) in [4.78, 5) is 72.9. The Morgan fingerprint density at radius 3 is 1.92 bits per heavy atom. The molecule has 17 heteroatoms. The van der Waals surface area contributed by atoms with Crippen molar-refractivity contribution < 1.29 is 42.9 Å². The van der Waals surface area contributed by atoms with Crippen LogP contribution in [-0.2, 0) is 39.9 Å². The molecule has 66 heavy (non-hydrogen) atoms. The van der Waals surface area contributed by atoms with Crippen LogP contribution >= 0.6 is 0 Å². The first-order valence-corrected chi connectivity index (χ1v) is 23.1. The van der Waals surface area contributed by atoms with Crippen molar-refractivity contribution in [1.29, 1.82) is 0 Å². The fraction of sp³-hybridized carbons (Fsp3) is 0.510. The molecule has 8 rings (SSSR count). The van der Waals surface area contributed by atoms with E-state index in [0.717, 1.165) is 76.2 Å². The lowest BCUT2D eigenvalue weighted by Crippen LogP contribution is -2.53. The fourth-order valence-corrected chi connectivity index (χ4v) is 10.1. The number of aromatic nitrogens is 4. The number of rotatable bonds is 13. The second-order valence-electron chi connectivity index (χ2n) is 17.7. The summed E-state index contributed by atoms with van der Waals surface area (Å²) in [5.74, 6) is 1.85. The van der Waals surface area contributed by atoms with Crippen LogP contribution in [0.25, 0.3) is 22.4 Å². The van der Waals surface area contributed by atoms with E-state index in [1.165, 1.54) is 14.2 Å². The molecule has 1 aromatic carbocycles. The molecular weight excluding hydrogens is 845 g/mol. The molecule has 7 heterocycles. The Bertz CT molecular complexity index is 2370. The van der Waals surface area contributed by atoms with Crippen molar-refractivity contribution >= 4 is 35.1 Å². The molecule has 0 spiro atoms. The number of carbonyl (C=O) groups is 4. The third-order valence-corrected chi connectivity index (χ3v) is 13.8. The van der Waals surface area contributed by atoms with Gasteiger partial charge in [0.05, 0.1) is 50.1 Å². The molecule has 4 amide bonds. The fourth-order valence-electron chi connectivity index (χ4n) is 10.1. The van der Waals surface area contributed by atoms with Crippen LogP contribution in [0.3, 0.4) is 0 Å². The van der Waals surface area contributed by atoms with E-state index in [4.69, 9.17) is 33.7 Å². The standard InChI is InChI=1S/C49H62N8O9/c1-6-31(37-26-50-44(52-37)39-9-7-19-56(39)46(58)41(54-48(60)62-4)32-15-21-64-22-16-32)12-11-29(2)43-30(3)36-14-13-34(25-35(36)28-66-43)38-27-51-45(53-38)40-10-8-20-57(40)47(59)42(55-49(61)63-5)33-17-23-65-24-18-33/h6,11-14,25-27,32-33,39-42H,1,7-10,15-24,28H2,2-5H3,(H,50,52)(H,51,53)(H,54,60)(H,55,61)/b29-11+,31-12+/t39-,40-,41-,42-/m0/s1. The third-order valence-electron chi connectivity index (χ3n) is 13.8. The zero-order valence-electron chi connectivity index (χ0n) is 38.4. The summed E-state index contributed by atoms with van der Waals surface area (Å²) in [5.41, 5.74) is 7.52. The van der Waals surface area contributed by atoms with Gasteiger partial charge in [-0.1, -0.05) is 36.9 Å². The Morgan fingerprint density at radius 2 is 1.36 bits per heavy atom. The number of aromatic amines is 2. The first-order valence-electron chi connectivity index (χ1n) is 23.1. The van der Waals surface area contributed by atoms with Crippen LogP contribution in [0.4, 0.5) is 9.59 Å². The maximum Gasteiger partial charge on any atom is 0.407 e. The van der Waals surface area contributed by atoms with Crippen LogP contribution in [0.1, 0.15) is 106 Å². The van der Waals surface area contributed by atoms with E-state index in [9.17, 15) is 19.2 Å². The Hall–Kier alpha value is -6.20. The van der Waals surface area contributed by atoms with E-state index in [1.54, 1.807) is 12.3 Å². The topological polar surface area (TPSA) is 202 Å². The molecule has 0 unspecified atom stereocenters. The summed E-state index contributed by atoms with van der Waals surface area (Å²) in [6.45, 7) is 11.9. The molecule has 0 radical (unpaired) electrons. The predicted octanol–water partition coefficient (Wildman–Crippen LogP) is 6.91. The van der Waals surface area contributed by atoms with Crippen LogP contribution in [0.2, 0.25) is 0 Å². The Labute approximate surface area is 385 Å². The maximum atomic E-state index is 14.1. The summed E-state index contributed by atoms with van der Waals surface area (Å²) in [6.07, 6.45) is 14.0. The summed E-state index contributed by atoms with van der Waals surface area (Å²) < 4.78 is 27.2. The van der Waals surface area contributed by atoms with Crippen molar-refractivity contribution in [3.63, 3.8) is 0 Å². The van der Waals surface area contributed by atoms with Gasteiger partial charge in [0.2, 0.25) is 11.8 Å². The number of H-pyrrole nitrogens is 2. The van der Waals surface area contributed by atoms with Gasteiger partial charge in [0, 0.05) is 39.5 Å². The van der Waals surface area contributed by atoms with Crippen molar-refractivity contribution in [2.24, 2.45) is 11.8 Å². The molecule has 0 saturated carbocycles. The first kappa shape index (κ1) is 46.3. The largest absolute Gasteiger partial charge is 0.488 e. The normalized spacial score (nSPS) is 21.8. The van der Waals surface area contributed by atoms with E-state index in [0.29, 0.717) is 83.5 Å². The molecule has 0 bridgehead atoms. The minimum Gasteiger partial charge on any atom is -0.488 e. The van der Waals surface area contributed by atoms with Gasteiger partial charge in [-0.05, 0) is 117 Å². The van der Waals surface area contributed by atoms with Gasteiger partial charge in [-0.15, -0.1) is 0 Å². The van der Waals surface area contributed by atoms with E-state index < -0.39 is 24.3 Å². The van der Waals surface area contributed by atoms with Crippen LogP contribution < -0.4 is 10.6 Å². The van der Waals surface area contributed by atoms with E-state index in [2.05, 4.69) is 52.3 Å². The van der Waals surface area contributed by atoms with Crippen molar-refractivity contribution in [2.75, 3.05) is 53.7 Å². The molecule has 5 aliphatic heterocycles. The number of allylic oxidation sites excluding steroid dienone is 6. The number of benzene rings is 1. The quantitative estimate of drug-likeness (QED) is 0.130. The Balaban J connectivity index is 0.944. The molecule has 5 aliphatic rings. The zero-order chi connectivity index (χ0) is 46.3. The maximum absolute atomic E-state index is 14.1. The lowest BCUT2D eigenvalue weighted by Gasteiger charge is -2.34. The highest BCUT2D eigenvalue weighted by Crippen LogP contribution is 2.38. The third kappa shape index (κ3) is 9.96.